The number of fused-ring (bicyclic) bond motifs is 1. The molecule has 0 aliphatic carbocycles. The Hall–Kier alpha value is -2.44. The first-order valence-electron chi connectivity index (χ1n) is 6.24. The van der Waals surface area contributed by atoms with Crippen LogP contribution in [0, 0.1) is 0 Å². The third-order valence-electron chi connectivity index (χ3n) is 2.82. The third kappa shape index (κ3) is 3.31. The van der Waals surface area contributed by atoms with E-state index in [0.717, 1.165) is 11.0 Å². The topological polar surface area (TPSA) is 86.1 Å². The number of carbonyl (C=O) groups excluding carboxylic acids is 2. The van der Waals surface area contributed by atoms with Crippen molar-refractivity contribution in [2.75, 3.05) is 7.11 Å². The van der Waals surface area contributed by atoms with E-state index in [0.29, 0.717) is 0 Å². The van der Waals surface area contributed by atoms with Gasteiger partial charge in [-0.05, 0) is 19.1 Å². The number of carbonyl (C=O) groups is 2. The van der Waals surface area contributed by atoms with Crippen molar-refractivity contribution in [3.05, 3.63) is 24.3 Å². The van der Waals surface area contributed by atoms with E-state index in [4.69, 9.17) is 0 Å². The number of nitrogens with zero attached hydrogens (tertiary/aromatic N) is 3. The number of esters is 1. The summed E-state index contributed by atoms with van der Waals surface area (Å²) in [5, 5.41) is 10.6. The molecule has 0 aliphatic rings. The van der Waals surface area contributed by atoms with Gasteiger partial charge in [-0.2, -0.15) is 0 Å². The van der Waals surface area contributed by atoms with Gasteiger partial charge in [0.2, 0.25) is 5.91 Å². The largest absolute Gasteiger partial charge is 0.469 e. The van der Waals surface area contributed by atoms with Crippen LogP contribution in [0.4, 0.5) is 0 Å². The van der Waals surface area contributed by atoms with Crippen molar-refractivity contribution in [1.29, 1.82) is 0 Å². The van der Waals surface area contributed by atoms with E-state index in [1.807, 2.05) is 24.3 Å². The lowest BCUT2D eigenvalue weighted by atomic mass is 10.2. The number of rotatable bonds is 5. The molecule has 0 bridgehead atoms. The van der Waals surface area contributed by atoms with Crippen molar-refractivity contribution >= 4 is 22.9 Å². The Balaban J connectivity index is 1.96. The van der Waals surface area contributed by atoms with Crippen molar-refractivity contribution < 1.29 is 14.3 Å². The van der Waals surface area contributed by atoms with Crippen molar-refractivity contribution in [2.45, 2.75) is 25.9 Å². The lowest BCUT2D eigenvalue weighted by molar-refractivity contribution is -0.141. The Bertz CT molecular complexity index is 623. The normalized spacial score (nSPS) is 12.1. The second-order valence-corrected chi connectivity index (χ2v) is 4.48. The summed E-state index contributed by atoms with van der Waals surface area (Å²) in [5.41, 5.74) is 1.53. The van der Waals surface area contributed by atoms with Crippen LogP contribution in [-0.2, 0) is 20.9 Å². The van der Waals surface area contributed by atoms with Crippen LogP contribution in [-0.4, -0.2) is 40.0 Å². The van der Waals surface area contributed by atoms with Crippen molar-refractivity contribution in [2.24, 2.45) is 0 Å². The number of nitrogens with one attached hydrogen (secondary N) is 1. The van der Waals surface area contributed by atoms with Gasteiger partial charge in [0.15, 0.2) is 0 Å². The van der Waals surface area contributed by atoms with Crippen molar-refractivity contribution in [3.63, 3.8) is 0 Å². The molecular weight excluding hydrogens is 260 g/mol. The smallest absolute Gasteiger partial charge is 0.307 e. The summed E-state index contributed by atoms with van der Waals surface area (Å²) >= 11 is 0. The first kappa shape index (κ1) is 14.0. The van der Waals surface area contributed by atoms with Gasteiger partial charge in [-0.25, -0.2) is 4.68 Å². The second kappa shape index (κ2) is 6.14. The molecule has 2 rings (SSSR count). The van der Waals surface area contributed by atoms with Crippen LogP contribution in [0.5, 0.6) is 0 Å². The molecule has 1 atom stereocenters. The lowest BCUT2D eigenvalue weighted by Gasteiger charge is -2.12. The Morgan fingerprint density at radius 3 is 2.90 bits per heavy atom. The number of aromatic nitrogens is 3. The van der Waals surface area contributed by atoms with Crippen molar-refractivity contribution in [1.82, 2.24) is 20.3 Å². The fourth-order valence-corrected chi connectivity index (χ4v) is 1.87. The van der Waals surface area contributed by atoms with Gasteiger partial charge in [-0.1, -0.05) is 17.3 Å². The molecule has 1 aromatic carbocycles. The minimum Gasteiger partial charge on any atom is -0.469 e. The first-order chi connectivity index (χ1) is 9.60. The molecule has 0 spiro atoms. The average Bonchev–Trinajstić information content (AvgIpc) is 2.81. The molecule has 0 saturated heterocycles. The molecule has 1 amide bonds. The summed E-state index contributed by atoms with van der Waals surface area (Å²) < 4.78 is 6.07. The van der Waals surface area contributed by atoms with Crippen LogP contribution in [0.1, 0.15) is 13.3 Å². The molecule has 7 nitrogen and oxygen atoms in total. The van der Waals surface area contributed by atoms with Crippen LogP contribution in [0.25, 0.3) is 11.0 Å². The van der Waals surface area contributed by atoms with Gasteiger partial charge >= 0.3 is 5.97 Å². The number of methoxy groups -OCH3 is 1. The molecule has 106 valence electrons. The molecule has 1 N–H and O–H groups in total. The average molecular weight is 276 g/mol. The molecular formula is C13H16N4O3. The van der Waals surface area contributed by atoms with E-state index in [9.17, 15) is 9.59 Å². The molecule has 1 unspecified atom stereocenters. The molecule has 1 heterocycles. The van der Waals surface area contributed by atoms with Gasteiger partial charge in [0.1, 0.15) is 12.1 Å². The zero-order chi connectivity index (χ0) is 14.5. The van der Waals surface area contributed by atoms with Gasteiger partial charge in [0, 0.05) is 6.04 Å². The van der Waals surface area contributed by atoms with Gasteiger partial charge in [0.25, 0.3) is 0 Å². The zero-order valence-electron chi connectivity index (χ0n) is 11.4. The molecule has 0 aliphatic heterocycles. The number of amides is 1. The van der Waals surface area contributed by atoms with Crippen LogP contribution < -0.4 is 5.32 Å². The highest BCUT2D eigenvalue weighted by atomic mass is 16.5. The SMILES string of the molecule is COC(=O)CC(C)NC(=O)Cn1nnc2ccccc21. The highest BCUT2D eigenvalue weighted by Gasteiger charge is 2.13. The molecule has 0 saturated carbocycles. The molecule has 1 aromatic heterocycles. The summed E-state index contributed by atoms with van der Waals surface area (Å²) in [4.78, 5) is 23.0. The fraction of sp³-hybridized carbons (Fsp3) is 0.385. The number of hydrogen-bond acceptors (Lipinski definition) is 5. The Morgan fingerprint density at radius 2 is 2.15 bits per heavy atom. The minimum atomic E-state index is -0.357. The fourth-order valence-electron chi connectivity index (χ4n) is 1.87. The summed E-state index contributed by atoms with van der Waals surface area (Å²) in [6.07, 6.45) is 0.139. The van der Waals surface area contributed by atoms with E-state index in [-0.39, 0.29) is 30.9 Å². The number of ether oxygens (including phenoxy) is 1. The predicted octanol–water partition coefficient (Wildman–Crippen LogP) is 0.499. The van der Waals surface area contributed by atoms with Crippen LogP contribution >= 0.6 is 0 Å². The van der Waals surface area contributed by atoms with Crippen LogP contribution in [0.15, 0.2) is 24.3 Å². The van der Waals surface area contributed by atoms with Gasteiger partial charge in [0.05, 0.1) is 19.0 Å². The summed E-state index contributed by atoms with van der Waals surface area (Å²) in [6, 6.07) is 7.11. The molecule has 0 radical (unpaired) electrons. The van der Waals surface area contributed by atoms with E-state index < -0.39 is 0 Å². The third-order valence-corrected chi connectivity index (χ3v) is 2.82. The number of benzene rings is 1. The van der Waals surface area contributed by atoms with Gasteiger partial charge < -0.3 is 10.1 Å². The Kier molecular flexibility index (Phi) is 4.29. The summed E-state index contributed by atoms with van der Waals surface area (Å²) in [7, 11) is 1.32. The zero-order valence-corrected chi connectivity index (χ0v) is 11.4. The first-order valence-corrected chi connectivity index (χ1v) is 6.24. The Morgan fingerprint density at radius 1 is 1.40 bits per heavy atom. The quantitative estimate of drug-likeness (QED) is 0.804. The standard InChI is InChI=1S/C13H16N4O3/c1-9(7-13(19)20-2)14-12(18)8-17-11-6-4-3-5-10(11)15-16-17/h3-6,9H,7-8H2,1-2H3,(H,14,18). The summed E-state index contributed by atoms with van der Waals surface area (Å²) in [5.74, 6) is -0.582. The summed E-state index contributed by atoms with van der Waals surface area (Å²) in [6.45, 7) is 1.81. The monoisotopic (exact) mass is 276 g/mol. The van der Waals surface area contributed by atoms with Crippen LogP contribution in [0.3, 0.4) is 0 Å². The minimum absolute atomic E-state index is 0.0615. The lowest BCUT2D eigenvalue weighted by Crippen LogP contribution is -2.36. The number of para-hydroxylation sites is 1. The van der Waals surface area contributed by atoms with E-state index in [2.05, 4.69) is 20.4 Å². The maximum absolute atomic E-state index is 11.9. The van der Waals surface area contributed by atoms with E-state index in [1.54, 1.807) is 6.92 Å². The molecule has 7 heteroatoms. The van der Waals surface area contributed by atoms with Gasteiger partial charge in [-0.15, -0.1) is 5.10 Å². The maximum atomic E-state index is 11.9. The highest BCUT2D eigenvalue weighted by Crippen LogP contribution is 2.09. The van der Waals surface area contributed by atoms with E-state index >= 15 is 0 Å². The maximum Gasteiger partial charge on any atom is 0.307 e. The molecule has 2 aromatic rings. The number of hydrogen-bond donors (Lipinski definition) is 1. The van der Waals surface area contributed by atoms with E-state index in [1.165, 1.54) is 11.8 Å². The highest BCUT2D eigenvalue weighted by molar-refractivity contribution is 5.80. The molecule has 0 fully saturated rings. The Labute approximate surface area is 115 Å². The van der Waals surface area contributed by atoms with Crippen molar-refractivity contribution in [3.8, 4) is 0 Å². The van der Waals surface area contributed by atoms with Gasteiger partial charge in [-0.3, -0.25) is 9.59 Å². The van der Waals surface area contributed by atoms with Crippen LogP contribution in [0.2, 0.25) is 0 Å². The molecule has 20 heavy (non-hydrogen) atoms. The predicted molar refractivity (Wildman–Crippen MR) is 71.8 cm³/mol. The second-order valence-electron chi connectivity index (χ2n) is 4.48.